The maximum Gasteiger partial charge on any atom is 0.391 e. The minimum absolute atomic E-state index is 0.162. The van der Waals surface area contributed by atoms with Gasteiger partial charge in [-0.3, -0.25) is 0 Å². The van der Waals surface area contributed by atoms with E-state index >= 15 is 0 Å². The van der Waals surface area contributed by atoms with E-state index in [1.807, 2.05) is 0 Å². The van der Waals surface area contributed by atoms with Crippen molar-refractivity contribution in [1.82, 2.24) is 0 Å². The van der Waals surface area contributed by atoms with E-state index in [2.05, 4.69) is 32.9 Å². The Morgan fingerprint density at radius 1 is 0.893 bits per heavy atom. The van der Waals surface area contributed by atoms with Crippen LogP contribution in [-0.2, 0) is 0 Å². The minimum Gasteiger partial charge on any atom is -0.171 e. The van der Waals surface area contributed by atoms with Crippen molar-refractivity contribution in [2.75, 3.05) is 0 Å². The number of hydrogen-bond acceptors (Lipinski definition) is 0. The average Bonchev–Trinajstić information content (AvgIpc) is 2.97. The third-order valence-electron chi connectivity index (χ3n) is 10.2. The lowest BCUT2D eigenvalue weighted by Gasteiger charge is -2.61. The average molecular weight is 397 g/mol. The van der Waals surface area contributed by atoms with Crippen molar-refractivity contribution in [3.05, 3.63) is 12.2 Å². The molecule has 8 atom stereocenters. The van der Waals surface area contributed by atoms with Crippen LogP contribution in [0.4, 0.5) is 13.2 Å². The van der Waals surface area contributed by atoms with Gasteiger partial charge in [-0.1, -0.05) is 26.0 Å². The molecule has 0 bridgehead atoms. The van der Waals surface area contributed by atoms with Gasteiger partial charge in [0, 0.05) is 0 Å². The van der Waals surface area contributed by atoms with Crippen LogP contribution in [0, 0.1) is 46.3 Å². The van der Waals surface area contributed by atoms with Crippen molar-refractivity contribution >= 4 is 0 Å². The Morgan fingerprint density at radius 2 is 1.61 bits per heavy atom. The summed E-state index contributed by atoms with van der Waals surface area (Å²) >= 11 is 0. The molecule has 0 spiro atoms. The number of alkyl halides is 3. The van der Waals surface area contributed by atoms with Gasteiger partial charge >= 0.3 is 6.18 Å². The van der Waals surface area contributed by atoms with E-state index in [1.165, 1.54) is 44.9 Å². The van der Waals surface area contributed by atoms with Crippen LogP contribution in [0.3, 0.4) is 0 Å². The summed E-state index contributed by atoms with van der Waals surface area (Å²) in [6, 6.07) is 0. The Labute approximate surface area is 169 Å². The van der Waals surface area contributed by atoms with Crippen LogP contribution in [0.25, 0.3) is 0 Å². The number of fused-ring (bicyclic) bond motifs is 5. The minimum atomic E-state index is -3.99. The number of hydrogen-bond donors (Lipinski definition) is 0. The fraction of sp³-hybridized carbons (Fsp3) is 0.920. The normalized spacial score (nSPS) is 48.9. The third kappa shape index (κ3) is 3.27. The van der Waals surface area contributed by atoms with Gasteiger partial charge in [0.05, 0.1) is 5.92 Å². The fourth-order valence-electron chi connectivity index (χ4n) is 8.60. The Bertz CT molecular complexity index is 593. The Kier molecular flexibility index (Phi) is 5.45. The molecule has 4 aliphatic rings. The van der Waals surface area contributed by atoms with Gasteiger partial charge in [0.2, 0.25) is 0 Å². The zero-order chi connectivity index (χ0) is 20.2. The van der Waals surface area contributed by atoms with Crippen molar-refractivity contribution in [2.45, 2.75) is 97.6 Å². The predicted molar refractivity (Wildman–Crippen MR) is 109 cm³/mol. The number of halogens is 3. The molecule has 4 rings (SSSR count). The van der Waals surface area contributed by atoms with E-state index in [-0.39, 0.29) is 5.41 Å². The summed E-state index contributed by atoms with van der Waals surface area (Å²) in [5, 5.41) is 0. The van der Waals surface area contributed by atoms with Crippen LogP contribution >= 0.6 is 0 Å². The zero-order valence-corrected chi connectivity index (χ0v) is 18.0. The standard InChI is InChI=1S/C25H39F3/c1-4-5-6-7-17-9-11-21-20-10-8-18-16-19(25(26,27)28)12-14-24(18,3)22(20)13-15-23(17,21)2/h4-5,17-22H,6-16H2,1-3H3/b5-4-. The molecule has 4 fully saturated rings. The second kappa shape index (κ2) is 7.34. The molecular weight excluding hydrogens is 357 g/mol. The molecule has 8 unspecified atom stereocenters. The van der Waals surface area contributed by atoms with Crippen molar-refractivity contribution in [1.29, 1.82) is 0 Å². The molecule has 0 aromatic rings. The molecule has 0 radical (unpaired) electrons. The lowest BCUT2D eigenvalue weighted by molar-refractivity contribution is -0.208. The number of allylic oxidation sites excluding steroid dienone is 2. The first-order valence-corrected chi connectivity index (χ1v) is 11.9. The third-order valence-corrected chi connectivity index (χ3v) is 10.2. The van der Waals surface area contributed by atoms with Crippen molar-refractivity contribution < 1.29 is 13.2 Å². The van der Waals surface area contributed by atoms with Crippen molar-refractivity contribution in [2.24, 2.45) is 46.3 Å². The highest BCUT2D eigenvalue weighted by atomic mass is 19.4. The first-order valence-electron chi connectivity index (χ1n) is 11.9. The van der Waals surface area contributed by atoms with Crippen LogP contribution in [0.5, 0.6) is 0 Å². The monoisotopic (exact) mass is 396 g/mol. The first kappa shape index (κ1) is 20.8. The highest BCUT2D eigenvalue weighted by Gasteiger charge is 2.61. The predicted octanol–water partition coefficient (Wildman–Crippen LogP) is 8.18. The van der Waals surface area contributed by atoms with Gasteiger partial charge in [0.15, 0.2) is 0 Å². The van der Waals surface area contributed by atoms with Crippen LogP contribution in [0.2, 0.25) is 0 Å². The molecule has 4 aliphatic carbocycles. The SMILES string of the molecule is C/C=C\CCC1CCC2C3CCC4CC(C(F)(F)F)CCC4(C)C3CCC12C. The summed E-state index contributed by atoms with van der Waals surface area (Å²) in [4.78, 5) is 0. The molecule has 4 saturated carbocycles. The second-order valence-corrected chi connectivity index (χ2v) is 11.1. The summed E-state index contributed by atoms with van der Waals surface area (Å²) in [6.07, 6.45) is 12.1. The van der Waals surface area contributed by atoms with E-state index < -0.39 is 12.1 Å². The molecule has 28 heavy (non-hydrogen) atoms. The molecule has 3 heteroatoms. The Hall–Kier alpha value is -0.470. The highest BCUT2D eigenvalue weighted by Crippen LogP contribution is 2.68. The quantitative estimate of drug-likeness (QED) is 0.422. The summed E-state index contributed by atoms with van der Waals surface area (Å²) in [5.41, 5.74) is 0.643. The maximum atomic E-state index is 13.4. The summed E-state index contributed by atoms with van der Waals surface area (Å²) < 4.78 is 40.1. The van der Waals surface area contributed by atoms with Gasteiger partial charge in [-0.25, -0.2) is 0 Å². The van der Waals surface area contributed by atoms with E-state index in [0.717, 1.165) is 30.6 Å². The summed E-state index contributed by atoms with van der Waals surface area (Å²) in [5.74, 6) is 2.37. The molecule has 0 saturated heterocycles. The molecule has 0 aliphatic heterocycles. The van der Waals surface area contributed by atoms with Crippen molar-refractivity contribution in [3.63, 3.8) is 0 Å². The maximum absolute atomic E-state index is 13.4. The topological polar surface area (TPSA) is 0 Å². The second-order valence-electron chi connectivity index (χ2n) is 11.1. The van der Waals surface area contributed by atoms with Crippen LogP contribution in [0.15, 0.2) is 12.2 Å². The molecule has 0 N–H and O–H groups in total. The molecule has 160 valence electrons. The number of rotatable bonds is 3. The van der Waals surface area contributed by atoms with Crippen molar-refractivity contribution in [3.8, 4) is 0 Å². The Morgan fingerprint density at radius 3 is 2.32 bits per heavy atom. The van der Waals surface area contributed by atoms with Gasteiger partial charge in [-0.15, -0.1) is 0 Å². The van der Waals surface area contributed by atoms with E-state index in [0.29, 0.717) is 30.1 Å². The molecule has 0 aromatic heterocycles. The van der Waals surface area contributed by atoms with E-state index in [1.54, 1.807) is 0 Å². The largest absolute Gasteiger partial charge is 0.391 e. The summed E-state index contributed by atoms with van der Waals surface area (Å²) in [6.45, 7) is 7.05. The first-order chi connectivity index (χ1) is 13.2. The van der Waals surface area contributed by atoms with E-state index in [9.17, 15) is 13.2 Å². The van der Waals surface area contributed by atoms with Gasteiger partial charge < -0.3 is 0 Å². The van der Waals surface area contributed by atoms with Gasteiger partial charge in [0.1, 0.15) is 0 Å². The highest BCUT2D eigenvalue weighted by molar-refractivity contribution is 5.09. The fourth-order valence-corrected chi connectivity index (χ4v) is 8.60. The molecule has 0 nitrogen and oxygen atoms in total. The van der Waals surface area contributed by atoms with E-state index in [4.69, 9.17) is 0 Å². The van der Waals surface area contributed by atoms with Gasteiger partial charge in [-0.2, -0.15) is 13.2 Å². The van der Waals surface area contributed by atoms with Gasteiger partial charge in [-0.05, 0) is 118 Å². The molecular formula is C25H39F3. The van der Waals surface area contributed by atoms with Crippen LogP contribution in [0.1, 0.15) is 91.4 Å². The molecule has 0 amide bonds. The molecule has 0 aromatic carbocycles. The van der Waals surface area contributed by atoms with Crippen LogP contribution < -0.4 is 0 Å². The lowest BCUT2D eigenvalue weighted by Crippen LogP contribution is -2.54. The van der Waals surface area contributed by atoms with Crippen LogP contribution in [-0.4, -0.2) is 6.18 Å². The lowest BCUT2D eigenvalue weighted by atomic mass is 9.44. The summed E-state index contributed by atoms with van der Waals surface area (Å²) in [7, 11) is 0. The van der Waals surface area contributed by atoms with Gasteiger partial charge in [0.25, 0.3) is 0 Å². The molecule has 0 heterocycles. The smallest absolute Gasteiger partial charge is 0.171 e. The zero-order valence-electron chi connectivity index (χ0n) is 18.0. The Balaban J connectivity index is 1.49.